The molecule has 2 saturated carbocycles. The van der Waals surface area contributed by atoms with E-state index in [0.29, 0.717) is 0 Å². The van der Waals surface area contributed by atoms with Crippen molar-refractivity contribution < 1.29 is 0 Å². The summed E-state index contributed by atoms with van der Waals surface area (Å²) in [5.74, 6) is 3.65. The second kappa shape index (κ2) is 5.05. The molecule has 1 aromatic rings. The summed E-state index contributed by atoms with van der Waals surface area (Å²) in [6.45, 7) is 5.98. The topological polar surface area (TPSA) is 12.0 Å². The summed E-state index contributed by atoms with van der Waals surface area (Å²) in [5, 5.41) is 3.86. The molecule has 0 saturated heterocycles. The number of hydrogen-bond donors (Lipinski definition) is 1. The molecule has 1 unspecified atom stereocenters. The molecule has 0 heterocycles. The van der Waals surface area contributed by atoms with Crippen molar-refractivity contribution in [3.05, 3.63) is 35.9 Å². The van der Waals surface area contributed by atoms with Gasteiger partial charge in [0.25, 0.3) is 0 Å². The van der Waals surface area contributed by atoms with Gasteiger partial charge in [-0.05, 0) is 42.1 Å². The van der Waals surface area contributed by atoms with Crippen LogP contribution >= 0.6 is 0 Å². The van der Waals surface area contributed by atoms with Crippen molar-refractivity contribution in [3.8, 4) is 0 Å². The number of benzene rings is 1. The van der Waals surface area contributed by atoms with Crippen LogP contribution in [0.4, 0.5) is 0 Å². The first-order valence-corrected chi connectivity index (χ1v) is 7.54. The minimum Gasteiger partial charge on any atom is -0.309 e. The highest BCUT2D eigenvalue weighted by atomic mass is 14.9. The molecular formula is C17H25N. The summed E-state index contributed by atoms with van der Waals surface area (Å²) in [6.07, 6.45) is 4.33. The van der Waals surface area contributed by atoms with Gasteiger partial charge < -0.3 is 5.32 Å². The minimum atomic E-state index is 0.768. The van der Waals surface area contributed by atoms with Gasteiger partial charge in [0.15, 0.2) is 0 Å². The maximum atomic E-state index is 3.86. The van der Waals surface area contributed by atoms with Gasteiger partial charge in [0, 0.05) is 12.6 Å². The van der Waals surface area contributed by atoms with E-state index in [9.17, 15) is 0 Å². The Bertz CT molecular complexity index is 370. The lowest BCUT2D eigenvalue weighted by Crippen LogP contribution is -2.40. The largest absolute Gasteiger partial charge is 0.309 e. The van der Waals surface area contributed by atoms with Crippen LogP contribution in [0, 0.1) is 23.7 Å². The SMILES string of the molecule is C[C@@H]1[C@H](C)[C@@H]2CCC[C@H]1C2NCc1ccccc1. The lowest BCUT2D eigenvalue weighted by atomic mass is 9.82. The quantitative estimate of drug-likeness (QED) is 0.850. The van der Waals surface area contributed by atoms with Gasteiger partial charge in [-0.15, -0.1) is 0 Å². The Kier molecular flexibility index (Phi) is 3.43. The summed E-state index contributed by atoms with van der Waals surface area (Å²) < 4.78 is 0. The average molecular weight is 243 g/mol. The molecule has 3 rings (SSSR count). The third-order valence-corrected chi connectivity index (χ3v) is 5.56. The molecule has 0 amide bonds. The van der Waals surface area contributed by atoms with E-state index in [1.54, 1.807) is 0 Å². The van der Waals surface area contributed by atoms with Crippen LogP contribution in [-0.4, -0.2) is 6.04 Å². The number of hydrogen-bond acceptors (Lipinski definition) is 1. The Balaban J connectivity index is 1.66. The number of fused-ring (bicyclic) bond motifs is 2. The van der Waals surface area contributed by atoms with Gasteiger partial charge in [-0.1, -0.05) is 50.6 Å². The Morgan fingerprint density at radius 3 is 2.22 bits per heavy atom. The predicted octanol–water partition coefficient (Wildman–Crippen LogP) is 3.85. The maximum Gasteiger partial charge on any atom is 0.0208 e. The monoisotopic (exact) mass is 243 g/mol. The molecular weight excluding hydrogens is 218 g/mol. The van der Waals surface area contributed by atoms with Crippen LogP contribution in [0.15, 0.2) is 30.3 Å². The first-order chi connectivity index (χ1) is 8.77. The summed E-state index contributed by atoms with van der Waals surface area (Å²) in [5.41, 5.74) is 1.42. The molecule has 2 aliphatic carbocycles. The second-order valence-electron chi connectivity index (χ2n) is 6.37. The van der Waals surface area contributed by atoms with Crippen LogP contribution in [0.3, 0.4) is 0 Å². The lowest BCUT2D eigenvalue weighted by molar-refractivity contribution is 0.234. The Labute approximate surface area is 111 Å². The zero-order valence-corrected chi connectivity index (χ0v) is 11.6. The van der Waals surface area contributed by atoms with Gasteiger partial charge in [0.1, 0.15) is 0 Å². The van der Waals surface area contributed by atoms with Gasteiger partial charge >= 0.3 is 0 Å². The fourth-order valence-corrected chi connectivity index (χ4v) is 4.36. The predicted molar refractivity (Wildman–Crippen MR) is 76.2 cm³/mol. The zero-order valence-electron chi connectivity index (χ0n) is 11.6. The van der Waals surface area contributed by atoms with E-state index in [-0.39, 0.29) is 0 Å². The summed E-state index contributed by atoms with van der Waals surface area (Å²) in [6, 6.07) is 11.6. The number of nitrogens with one attached hydrogen (secondary N) is 1. The fraction of sp³-hybridized carbons (Fsp3) is 0.647. The Morgan fingerprint density at radius 1 is 1.00 bits per heavy atom. The molecule has 1 N–H and O–H groups in total. The van der Waals surface area contributed by atoms with E-state index in [2.05, 4.69) is 49.5 Å². The normalized spacial score (nSPS) is 38.9. The van der Waals surface area contributed by atoms with Crippen molar-refractivity contribution in [1.82, 2.24) is 5.32 Å². The maximum absolute atomic E-state index is 3.86. The van der Waals surface area contributed by atoms with Gasteiger partial charge in [-0.25, -0.2) is 0 Å². The van der Waals surface area contributed by atoms with Crippen molar-refractivity contribution in [2.45, 2.75) is 45.7 Å². The molecule has 18 heavy (non-hydrogen) atoms. The molecule has 2 bridgehead atoms. The van der Waals surface area contributed by atoms with E-state index < -0.39 is 0 Å². The highest BCUT2D eigenvalue weighted by Crippen LogP contribution is 2.49. The fourth-order valence-electron chi connectivity index (χ4n) is 4.36. The molecule has 0 aromatic heterocycles. The highest BCUT2D eigenvalue weighted by Gasteiger charge is 2.47. The van der Waals surface area contributed by atoms with Crippen LogP contribution in [0.1, 0.15) is 38.7 Å². The minimum absolute atomic E-state index is 0.768. The molecule has 2 aliphatic rings. The average Bonchev–Trinajstić information content (AvgIpc) is 2.55. The van der Waals surface area contributed by atoms with Crippen LogP contribution in [0.5, 0.6) is 0 Å². The van der Waals surface area contributed by atoms with Gasteiger partial charge in [0.05, 0.1) is 0 Å². The second-order valence-corrected chi connectivity index (χ2v) is 6.37. The third kappa shape index (κ3) is 2.09. The van der Waals surface area contributed by atoms with Crippen molar-refractivity contribution in [2.75, 3.05) is 0 Å². The third-order valence-electron chi connectivity index (χ3n) is 5.56. The molecule has 5 atom stereocenters. The van der Waals surface area contributed by atoms with E-state index in [1.165, 1.54) is 24.8 Å². The first kappa shape index (κ1) is 12.2. The van der Waals surface area contributed by atoms with Crippen LogP contribution in [0.25, 0.3) is 0 Å². The molecule has 2 fully saturated rings. The van der Waals surface area contributed by atoms with Crippen molar-refractivity contribution in [2.24, 2.45) is 23.7 Å². The Morgan fingerprint density at radius 2 is 1.61 bits per heavy atom. The molecule has 1 aromatic carbocycles. The summed E-state index contributed by atoms with van der Waals surface area (Å²) in [4.78, 5) is 0. The van der Waals surface area contributed by atoms with Crippen LogP contribution in [0.2, 0.25) is 0 Å². The first-order valence-electron chi connectivity index (χ1n) is 7.54. The molecule has 1 nitrogen and oxygen atoms in total. The van der Waals surface area contributed by atoms with Gasteiger partial charge in [-0.2, -0.15) is 0 Å². The van der Waals surface area contributed by atoms with Crippen molar-refractivity contribution >= 4 is 0 Å². The summed E-state index contributed by atoms with van der Waals surface area (Å²) >= 11 is 0. The highest BCUT2D eigenvalue weighted by molar-refractivity contribution is 5.15. The van der Waals surface area contributed by atoms with Crippen LogP contribution in [-0.2, 0) is 6.54 Å². The van der Waals surface area contributed by atoms with E-state index >= 15 is 0 Å². The van der Waals surface area contributed by atoms with Crippen LogP contribution < -0.4 is 5.32 Å². The summed E-state index contributed by atoms with van der Waals surface area (Å²) in [7, 11) is 0. The van der Waals surface area contributed by atoms with E-state index in [0.717, 1.165) is 36.3 Å². The van der Waals surface area contributed by atoms with Gasteiger partial charge in [0.2, 0.25) is 0 Å². The molecule has 0 spiro atoms. The molecule has 0 aliphatic heterocycles. The smallest absolute Gasteiger partial charge is 0.0208 e. The molecule has 98 valence electrons. The standard InChI is InChI=1S/C17H25N/c1-12-13(2)16-10-6-9-15(12)17(16)18-11-14-7-4-3-5-8-14/h3-5,7-8,12-13,15-18H,6,9-11H2,1-2H3/t12-,13+,15-,16+,17?. The van der Waals surface area contributed by atoms with Crippen molar-refractivity contribution in [3.63, 3.8) is 0 Å². The molecule has 1 heteroatoms. The Hall–Kier alpha value is -0.820. The van der Waals surface area contributed by atoms with E-state index in [4.69, 9.17) is 0 Å². The van der Waals surface area contributed by atoms with Crippen molar-refractivity contribution in [1.29, 1.82) is 0 Å². The van der Waals surface area contributed by atoms with Gasteiger partial charge in [-0.3, -0.25) is 0 Å². The molecule has 0 radical (unpaired) electrons. The number of rotatable bonds is 3. The lowest BCUT2D eigenvalue weighted by Gasteiger charge is -2.32. The van der Waals surface area contributed by atoms with E-state index in [1.807, 2.05) is 0 Å². The zero-order chi connectivity index (χ0) is 12.5.